The van der Waals surface area contributed by atoms with E-state index in [1.54, 1.807) is 6.07 Å². The fourth-order valence-corrected chi connectivity index (χ4v) is 3.85. The fraction of sp³-hybridized carbons (Fsp3) is 0.381. The predicted molar refractivity (Wildman–Crippen MR) is 104 cm³/mol. The van der Waals surface area contributed by atoms with Crippen molar-refractivity contribution in [3.8, 4) is 5.69 Å². The molecular weight excluding hydrogens is 338 g/mol. The lowest BCUT2D eigenvalue weighted by Gasteiger charge is -2.35. The quantitative estimate of drug-likeness (QED) is 0.746. The number of aromatic amines is 1. The molecule has 1 atom stereocenters. The summed E-state index contributed by atoms with van der Waals surface area (Å²) in [6.07, 6.45) is 3.68. The second-order valence-corrected chi connectivity index (χ2v) is 8.30. The minimum absolute atomic E-state index is 0.0644. The lowest BCUT2D eigenvalue weighted by molar-refractivity contribution is 0.0914. The first-order valence-corrected chi connectivity index (χ1v) is 9.29. The Morgan fingerprint density at radius 1 is 1.26 bits per heavy atom. The van der Waals surface area contributed by atoms with E-state index in [1.807, 2.05) is 17.8 Å². The first-order chi connectivity index (χ1) is 12.8. The molecule has 1 aliphatic carbocycles. The van der Waals surface area contributed by atoms with E-state index in [-0.39, 0.29) is 17.4 Å². The molecule has 3 aromatic rings. The Balaban J connectivity index is 1.68. The van der Waals surface area contributed by atoms with Crippen molar-refractivity contribution in [2.45, 2.75) is 46.6 Å². The molecular formula is C21H25N5O. The molecule has 1 aliphatic rings. The summed E-state index contributed by atoms with van der Waals surface area (Å²) in [6, 6.07) is 10.1. The van der Waals surface area contributed by atoms with Crippen molar-refractivity contribution < 1.29 is 4.79 Å². The van der Waals surface area contributed by atoms with Gasteiger partial charge in [-0.05, 0) is 50.3 Å². The third-order valence-electron chi connectivity index (χ3n) is 5.20. The molecule has 2 heterocycles. The molecule has 6 heteroatoms. The van der Waals surface area contributed by atoms with Crippen molar-refractivity contribution in [3.63, 3.8) is 0 Å². The number of aryl methyl sites for hydroxylation is 2. The Bertz CT molecular complexity index is 980. The maximum Gasteiger partial charge on any atom is 0.272 e. The van der Waals surface area contributed by atoms with Gasteiger partial charge >= 0.3 is 0 Å². The summed E-state index contributed by atoms with van der Waals surface area (Å²) < 4.78 is 2.01. The molecule has 4 rings (SSSR count). The van der Waals surface area contributed by atoms with E-state index in [0.717, 1.165) is 29.8 Å². The first-order valence-electron chi connectivity index (χ1n) is 9.29. The lowest BCUT2D eigenvalue weighted by Crippen LogP contribution is -2.37. The molecule has 2 N–H and O–H groups in total. The number of carbonyl (C=O) groups is 1. The van der Waals surface area contributed by atoms with Crippen LogP contribution in [0.15, 0.2) is 36.5 Å². The van der Waals surface area contributed by atoms with Crippen LogP contribution in [0.5, 0.6) is 0 Å². The van der Waals surface area contributed by atoms with Crippen molar-refractivity contribution in [3.05, 3.63) is 64.7 Å². The average molecular weight is 363 g/mol. The van der Waals surface area contributed by atoms with Gasteiger partial charge < -0.3 is 5.32 Å². The van der Waals surface area contributed by atoms with Crippen LogP contribution < -0.4 is 5.32 Å². The summed E-state index contributed by atoms with van der Waals surface area (Å²) in [5.74, 6) is -0.156. The Kier molecular flexibility index (Phi) is 4.13. The van der Waals surface area contributed by atoms with Crippen molar-refractivity contribution in [2.24, 2.45) is 5.41 Å². The lowest BCUT2D eigenvalue weighted by atomic mass is 9.74. The van der Waals surface area contributed by atoms with Gasteiger partial charge in [0.05, 0.1) is 23.6 Å². The van der Waals surface area contributed by atoms with Gasteiger partial charge in [0.2, 0.25) is 0 Å². The van der Waals surface area contributed by atoms with Crippen molar-refractivity contribution in [1.82, 2.24) is 25.3 Å². The molecule has 2 aromatic heterocycles. The van der Waals surface area contributed by atoms with Gasteiger partial charge in [0.1, 0.15) is 5.69 Å². The maximum atomic E-state index is 12.6. The zero-order valence-electron chi connectivity index (χ0n) is 16.2. The van der Waals surface area contributed by atoms with Crippen LogP contribution in [0.2, 0.25) is 0 Å². The van der Waals surface area contributed by atoms with Gasteiger partial charge in [0.25, 0.3) is 5.91 Å². The van der Waals surface area contributed by atoms with Crippen molar-refractivity contribution in [2.75, 3.05) is 0 Å². The van der Waals surface area contributed by atoms with E-state index in [0.29, 0.717) is 5.69 Å². The number of amides is 1. The molecule has 0 spiro atoms. The number of H-pyrrole nitrogens is 1. The highest BCUT2D eigenvalue weighted by molar-refractivity contribution is 5.92. The third kappa shape index (κ3) is 3.39. The summed E-state index contributed by atoms with van der Waals surface area (Å²) in [4.78, 5) is 12.6. The number of fused-ring (bicyclic) bond motifs is 1. The van der Waals surface area contributed by atoms with Gasteiger partial charge in [0.15, 0.2) is 0 Å². The van der Waals surface area contributed by atoms with Gasteiger partial charge in [0, 0.05) is 11.3 Å². The number of carbonyl (C=O) groups excluding carboxylic acids is 1. The van der Waals surface area contributed by atoms with Crippen LogP contribution in [0, 0.1) is 19.3 Å². The molecule has 0 radical (unpaired) electrons. The highest BCUT2D eigenvalue weighted by Gasteiger charge is 2.36. The summed E-state index contributed by atoms with van der Waals surface area (Å²) >= 11 is 0. The molecule has 1 aromatic carbocycles. The van der Waals surface area contributed by atoms with Crippen LogP contribution in [-0.2, 0) is 6.42 Å². The number of aromatic nitrogens is 4. The molecule has 0 bridgehead atoms. The van der Waals surface area contributed by atoms with E-state index in [2.05, 4.69) is 65.6 Å². The maximum absolute atomic E-state index is 12.6. The SMILES string of the molecule is Cc1ccc(-n2ncc3c2CC(C)(C)C[C@@H]3NC(=O)c2cc(C)[nH]n2)cc1. The summed E-state index contributed by atoms with van der Waals surface area (Å²) in [5.41, 5.74) is 5.89. The van der Waals surface area contributed by atoms with Crippen LogP contribution in [0.25, 0.3) is 5.69 Å². The van der Waals surface area contributed by atoms with Crippen LogP contribution in [0.4, 0.5) is 0 Å². The van der Waals surface area contributed by atoms with Crippen LogP contribution >= 0.6 is 0 Å². The van der Waals surface area contributed by atoms with Crippen LogP contribution in [0.3, 0.4) is 0 Å². The Morgan fingerprint density at radius 2 is 2.00 bits per heavy atom. The zero-order valence-corrected chi connectivity index (χ0v) is 16.2. The summed E-state index contributed by atoms with van der Waals surface area (Å²) in [6.45, 7) is 8.44. The van der Waals surface area contributed by atoms with Gasteiger partial charge in [-0.1, -0.05) is 31.5 Å². The molecule has 27 heavy (non-hydrogen) atoms. The number of nitrogens with one attached hydrogen (secondary N) is 2. The molecule has 1 amide bonds. The average Bonchev–Trinajstić information content (AvgIpc) is 3.21. The van der Waals surface area contributed by atoms with Gasteiger partial charge in [-0.15, -0.1) is 0 Å². The second kappa shape index (κ2) is 6.37. The van der Waals surface area contributed by atoms with Crippen LogP contribution in [0.1, 0.15) is 59.3 Å². The molecule has 6 nitrogen and oxygen atoms in total. The fourth-order valence-electron chi connectivity index (χ4n) is 3.85. The number of benzene rings is 1. The van der Waals surface area contributed by atoms with Crippen LogP contribution in [-0.4, -0.2) is 25.9 Å². The third-order valence-corrected chi connectivity index (χ3v) is 5.20. The number of rotatable bonds is 3. The Morgan fingerprint density at radius 3 is 2.67 bits per heavy atom. The van der Waals surface area contributed by atoms with Gasteiger partial charge in [-0.25, -0.2) is 4.68 Å². The van der Waals surface area contributed by atoms with E-state index in [1.165, 1.54) is 11.3 Å². The largest absolute Gasteiger partial charge is 0.344 e. The minimum atomic E-state index is -0.156. The van der Waals surface area contributed by atoms with Crippen molar-refractivity contribution >= 4 is 5.91 Å². The van der Waals surface area contributed by atoms with Crippen molar-refractivity contribution in [1.29, 1.82) is 0 Å². The summed E-state index contributed by atoms with van der Waals surface area (Å²) in [7, 11) is 0. The molecule has 0 unspecified atom stereocenters. The molecule has 0 aliphatic heterocycles. The van der Waals surface area contributed by atoms with E-state index >= 15 is 0 Å². The second-order valence-electron chi connectivity index (χ2n) is 8.30. The van der Waals surface area contributed by atoms with E-state index in [9.17, 15) is 4.79 Å². The summed E-state index contributed by atoms with van der Waals surface area (Å²) in [5, 5.41) is 14.7. The number of hydrogen-bond acceptors (Lipinski definition) is 3. The Hall–Kier alpha value is -2.89. The number of hydrogen-bond donors (Lipinski definition) is 2. The standard InChI is InChI=1S/C21H25N5O/c1-13-5-7-15(8-6-13)26-19-11-21(3,4)10-18(16(19)12-22-26)23-20(27)17-9-14(2)24-25-17/h5-9,12,18H,10-11H2,1-4H3,(H,23,27)(H,24,25)/t18-/m0/s1. The topological polar surface area (TPSA) is 75.6 Å². The zero-order chi connectivity index (χ0) is 19.2. The normalized spacial score (nSPS) is 18.1. The van der Waals surface area contributed by atoms with E-state index in [4.69, 9.17) is 0 Å². The smallest absolute Gasteiger partial charge is 0.272 e. The predicted octanol–water partition coefficient (Wildman–Crippen LogP) is 3.66. The Labute approximate surface area is 159 Å². The van der Waals surface area contributed by atoms with Gasteiger partial charge in [-0.3, -0.25) is 9.89 Å². The van der Waals surface area contributed by atoms with E-state index < -0.39 is 0 Å². The number of nitrogens with zero attached hydrogens (tertiary/aromatic N) is 3. The first kappa shape index (κ1) is 17.5. The monoisotopic (exact) mass is 363 g/mol. The van der Waals surface area contributed by atoms with Gasteiger partial charge in [-0.2, -0.15) is 10.2 Å². The highest BCUT2D eigenvalue weighted by atomic mass is 16.2. The molecule has 0 saturated heterocycles. The molecule has 0 saturated carbocycles. The minimum Gasteiger partial charge on any atom is -0.344 e. The molecule has 140 valence electrons. The molecule has 0 fully saturated rings. The highest BCUT2D eigenvalue weighted by Crippen LogP contribution is 2.41.